The molecule has 0 bridgehead atoms. The van der Waals surface area contributed by atoms with Crippen molar-refractivity contribution in [1.29, 1.82) is 0 Å². The molecule has 0 unspecified atom stereocenters. The molecule has 10 heteroatoms. The van der Waals surface area contributed by atoms with Crippen molar-refractivity contribution in [3.63, 3.8) is 0 Å². The third kappa shape index (κ3) is 5.71. The molecular formula is C19H22ClF3N4O2. The largest absolute Gasteiger partial charge is 0.432 e. The third-order valence-electron chi connectivity index (χ3n) is 4.95. The van der Waals surface area contributed by atoms with Crippen LogP contribution in [0.2, 0.25) is 5.02 Å². The Morgan fingerprint density at radius 1 is 1.31 bits per heavy atom. The van der Waals surface area contributed by atoms with E-state index in [0.29, 0.717) is 49.6 Å². The van der Waals surface area contributed by atoms with Gasteiger partial charge in [-0.2, -0.15) is 18.3 Å². The molecule has 1 aromatic carbocycles. The van der Waals surface area contributed by atoms with Crippen molar-refractivity contribution in [2.24, 2.45) is 0 Å². The highest BCUT2D eigenvalue weighted by Crippen LogP contribution is 2.28. The van der Waals surface area contributed by atoms with E-state index in [1.807, 2.05) is 5.10 Å². The van der Waals surface area contributed by atoms with Crippen molar-refractivity contribution in [3.05, 3.63) is 52.3 Å². The number of aromatic amines is 1. The number of alkyl halides is 3. The molecule has 1 aliphatic heterocycles. The average Bonchev–Trinajstić information content (AvgIpc) is 3.18. The van der Waals surface area contributed by atoms with Crippen LogP contribution in [0.3, 0.4) is 0 Å². The third-order valence-corrected chi connectivity index (χ3v) is 5.32. The first-order valence-corrected chi connectivity index (χ1v) is 9.67. The smallest absolute Gasteiger partial charge is 0.393 e. The quantitative estimate of drug-likeness (QED) is 0.738. The average molecular weight is 431 g/mol. The Bertz CT molecular complexity index is 835. The number of aliphatic hydroxyl groups is 1. The van der Waals surface area contributed by atoms with Crippen LogP contribution in [0.1, 0.15) is 34.6 Å². The number of aromatic nitrogens is 2. The fraction of sp³-hybridized carbons (Fsp3) is 0.474. The molecule has 1 aromatic heterocycles. The van der Waals surface area contributed by atoms with Crippen LogP contribution >= 0.6 is 11.6 Å². The molecule has 1 saturated heterocycles. The molecule has 29 heavy (non-hydrogen) atoms. The van der Waals surface area contributed by atoms with Gasteiger partial charge < -0.3 is 14.9 Å². The number of H-pyrrole nitrogens is 1. The van der Waals surface area contributed by atoms with Crippen LogP contribution in [0, 0.1) is 0 Å². The molecule has 1 aliphatic rings. The van der Waals surface area contributed by atoms with Crippen molar-refractivity contribution < 1.29 is 23.1 Å². The molecule has 0 radical (unpaired) electrons. The van der Waals surface area contributed by atoms with Gasteiger partial charge in [-0.1, -0.05) is 29.8 Å². The second kappa shape index (κ2) is 9.15. The summed E-state index contributed by atoms with van der Waals surface area (Å²) in [6.45, 7) is 2.41. The summed E-state index contributed by atoms with van der Waals surface area (Å²) in [5, 5.41) is 15.5. The first kappa shape index (κ1) is 21.6. The van der Waals surface area contributed by atoms with Gasteiger partial charge in [0.05, 0.1) is 6.10 Å². The van der Waals surface area contributed by atoms with Crippen LogP contribution in [0.25, 0.3) is 0 Å². The van der Waals surface area contributed by atoms with Gasteiger partial charge in [0.15, 0.2) is 5.69 Å². The van der Waals surface area contributed by atoms with Crippen LogP contribution in [0.4, 0.5) is 13.2 Å². The Morgan fingerprint density at radius 3 is 2.62 bits per heavy atom. The highest BCUT2D eigenvalue weighted by molar-refractivity contribution is 6.31. The zero-order chi connectivity index (χ0) is 21.0. The van der Waals surface area contributed by atoms with Gasteiger partial charge in [0.1, 0.15) is 5.69 Å². The highest BCUT2D eigenvalue weighted by atomic mass is 35.5. The van der Waals surface area contributed by atoms with E-state index in [-0.39, 0.29) is 18.3 Å². The van der Waals surface area contributed by atoms with Crippen LogP contribution < -0.4 is 0 Å². The number of hydrogen-bond acceptors (Lipinski definition) is 4. The van der Waals surface area contributed by atoms with E-state index in [1.54, 1.807) is 24.3 Å². The van der Waals surface area contributed by atoms with Gasteiger partial charge in [-0.25, -0.2) is 0 Å². The van der Waals surface area contributed by atoms with Gasteiger partial charge >= 0.3 is 6.18 Å². The summed E-state index contributed by atoms with van der Waals surface area (Å²) in [5.74, 6) is -0.603. The summed E-state index contributed by atoms with van der Waals surface area (Å²) in [7, 11) is 0. The summed E-state index contributed by atoms with van der Waals surface area (Å²) < 4.78 is 38.5. The topological polar surface area (TPSA) is 72.5 Å². The van der Waals surface area contributed by atoms with E-state index < -0.39 is 17.8 Å². The minimum absolute atomic E-state index is 0.156. The van der Waals surface area contributed by atoms with Gasteiger partial charge in [0, 0.05) is 43.8 Å². The lowest BCUT2D eigenvalue weighted by molar-refractivity contribution is -0.141. The number of halogens is 4. The lowest BCUT2D eigenvalue weighted by Gasteiger charge is -2.32. The second-order valence-electron chi connectivity index (χ2n) is 7.06. The molecule has 0 spiro atoms. The molecule has 0 saturated carbocycles. The standard InChI is InChI=1S/C19H22ClF3N4O2/c20-15-4-2-1-3-13(15)12-27(10-9-26-7-5-14(28)6-8-26)18(29)16-11-17(25-24-16)19(21,22)23/h1-4,11,14,28H,5-10,12H2,(H,24,25). The molecule has 3 rings (SSSR count). The van der Waals surface area contributed by atoms with E-state index in [2.05, 4.69) is 10.00 Å². The fourth-order valence-electron chi connectivity index (χ4n) is 3.23. The molecule has 2 aromatic rings. The number of aliphatic hydroxyl groups excluding tert-OH is 1. The van der Waals surface area contributed by atoms with Crippen LogP contribution in [0.15, 0.2) is 30.3 Å². The highest BCUT2D eigenvalue weighted by Gasteiger charge is 2.34. The molecule has 2 N–H and O–H groups in total. The maximum Gasteiger partial charge on any atom is 0.432 e. The summed E-state index contributed by atoms with van der Waals surface area (Å²) >= 11 is 6.20. The zero-order valence-electron chi connectivity index (χ0n) is 15.6. The van der Waals surface area contributed by atoms with Crippen LogP contribution in [-0.4, -0.2) is 63.3 Å². The Kier molecular flexibility index (Phi) is 6.81. The molecular weight excluding hydrogens is 409 g/mol. The minimum Gasteiger partial charge on any atom is -0.393 e. The number of rotatable bonds is 6. The normalized spacial score (nSPS) is 16.2. The van der Waals surface area contributed by atoms with Gasteiger partial charge in [-0.15, -0.1) is 0 Å². The summed E-state index contributed by atoms with van der Waals surface area (Å²) in [6, 6.07) is 7.74. The molecule has 0 aliphatic carbocycles. The van der Waals surface area contributed by atoms with E-state index in [1.165, 1.54) is 4.90 Å². The molecule has 0 atom stereocenters. The molecule has 6 nitrogen and oxygen atoms in total. The molecule has 158 valence electrons. The predicted molar refractivity (Wildman–Crippen MR) is 101 cm³/mol. The number of piperidine rings is 1. The van der Waals surface area contributed by atoms with Gasteiger partial charge in [0.25, 0.3) is 5.91 Å². The monoisotopic (exact) mass is 430 g/mol. The van der Waals surface area contributed by atoms with E-state index in [4.69, 9.17) is 11.6 Å². The van der Waals surface area contributed by atoms with Gasteiger partial charge in [0.2, 0.25) is 0 Å². The van der Waals surface area contributed by atoms with Gasteiger partial charge in [-0.3, -0.25) is 9.89 Å². The first-order valence-electron chi connectivity index (χ1n) is 9.29. The molecule has 1 fully saturated rings. The summed E-state index contributed by atoms with van der Waals surface area (Å²) in [5.41, 5.74) is -0.662. The zero-order valence-corrected chi connectivity index (χ0v) is 16.4. The number of carbonyl (C=O) groups excluding carboxylic acids is 1. The molecule has 1 amide bonds. The van der Waals surface area contributed by atoms with E-state index in [0.717, 1.165) is 6.07 Å². The van der Waals surface area contributed by atoms with E-state index >= 15 is 0 Å². The van der Waals surface area contributed by atoms with Crippen molar-refractivity contribution in [2.45, 2.75) is 31.7 Å². The number of nitrogens with zero attached hydrogens (tertiary/aromatic N) is 3. The van der Waals surface area contributed by atoms with Crippen molar-refractivity contribution in [2.75, 3.05) is 26.2 Å². The van der Waals surface area contributed by atoms with E-state index in [9.17, 15) is 23.1 Å². The summed E-state index contributed by atoms with van der Waals surface area (Å²) in [6.07, 6.45) is -3.59. The van der Waals surface area contributed by atoms with Crippen molar-refractivity contribution >= 4 is 17.5 Å². The predicted octanol–water partition coefficient (Wildman–Crippen LogP) is 3.18. The summed E-state index contributed by atoms with van der Waals surface area (Å²) in [4.78, 5) is 16.5. The second-order valence-corrected chi connectivity index (χ2v) is 7.46. The maximum atomic E-state index is 12.9. The Hall–Kier alpha value is -2.10. The number of amides is 1. The Labute approximate surface area is 171 Å². The fourth-order valence-corrected chi connectivity index (χ4v) is 3.42. The SMILES string of the molecule is O=C(c1cc(C(F)(F)F)[nH]n1)N(CCN1CCC(O)CC1)Cc1ccccc1Cl. The number of likely N-dealkylation sites (tertiary alicyclic amines) is 1. The minimum atomic E-state index is -4.60. The van der Waals surface area contributed by atoms with Crippen molar-refractivity contribution in [1.82, 2.24) is 20.0 Å². The van der Waals surface area contributed by atoms with Crippen molar-refractivity contribution in [3.8, 4) is 0 Å². The lowest BCUT2D eigenvalue weighted by atomic mass is 10.1. The first-order chi connectivity index (χ1) is 13.7. The van der Waals surface area contributed by atoms with Crippen LogP contribution in [0.5, 0.6) is 0 Å². The number of hydrogen-bond donors (Lipinski definition) is 2. The number of nitrogens with one attached hydrogen (secondary N) is 1. The maximum absolute atomic E-state index is 12.9. The van der Waals surface area contributed by atoms with Crippen LogP contribution in [-0.2, 0) is 12.7 Å². The number of carbonyl (C=O) groups is 1. The molecule has 2 heterocycles. The number of benzene rings is 1. The van der Waals surface area contributed by atoms with Gasteiger partial charge in [-0.05, 0) is 24.5 Å². The Morgan fingerprint density at radius 2 is 2.00 bits per heavy atom. The lowest BCUT2D eigenvalue weighted by Crippen LogP contribution is -2.42. The Balaban J connectivity index is 1.75.